The molecule has 0 bridgehead atoms. The molecule has 0 amide bonds. The van der Waals surface area contributed by atoms with Gasteiger partial charge in [-0.1, -0.05) is 37.3 Å². The van der Waals surface area contributed by atoms with E-state index < -0.39 is 20.6 Å². The maximum absolute atomic E-state index is 12.7. The Bertz CT molecular complexity index is 983. The van der Waals surface area contributed by atoms with Gasteiger partial charge in [-0.3, -0.25) is 15.0 Å². The number of nitrogens with one attached hydrogen (secondary N) is 1. The fourth-order valence-electron chi connectivity index (χ4n) is 3.57. The third-order valence-electron chi connectivity index (χ3n) is 5.34. The van der Waals surface area contributed by atoms with Crippen LogP contribution in [0.4, 0.5) is 5.69 Å². The monoisotopic (exact) mass is 417 g/mol. The highest BCUT2D eigenvalue weighted by Crippen LogP contribution is 2.25. The number of hydrogen-bond donors (Lipinski definition) is 1. The van der Waals surface area contributed by atoms with Crippen LogP contribution in [-0.2, 0) is 23.1 Å². The second-order valence-corrected chi connectivity index (χ2v) is 9.57. The van der Waals surface area contributed by atoms with Crippen molar-refractivity contribution in [2.75, 3.05) is 13.1 Å². The summed E-state index contributed by atoms with van der Waals surface area (Å²) in [6.07, 6.45) is 2.41. The molecule has 1 saturated heterocycles. The van der Waals surface area contributed by atoms with Gasteiger partial charge in [0.1, 0.15) is 0 Å². The molecular formula is C21H27N3O4S. The zero-order chi connectivity index (χ0) is 21.0. The molecule has 0 atom stereocenters. The highest BCUT2D eigenvalue weighted by atomic mass is 32.2. The largest absolute Gasteiger partial charge is 0.299 e. The number of aryl methyl sites for hydroxylation is 1. The minimum absolute atomic E-state index is 0.0816. The Morgan fingerprint density at radius 3 is 2.52 bits per heavy atom. The Morgan fingerprint density at radius 1 is 1.14 bits per heavy atom. The summed E-state index contributed by atoms with van der Waals surface area (Å²) in [7, 11) is -4.00. The van der Waals surface area contributed by atoms with Crippen molar-refractivity contribution in [2.24, 2.45) is 5.92 Å². The van der Waals surface area contributed by atoms with E-state index in [2.05, 4.69) is 16.5 Å². The van der Waals surface area contributed by atoms with Crippen LogP contribution in [0.5, 0.6) is 0 Å². The number of nitro benzene ring substituents is 1. The van der Waals surface area contributed by atoms with Crippen LogP contribution in [0.15, 0.2) is 47.4 Å². The van der Waals surface area contributed by atoms with Crippen LogP contribution in [0.25, 0.3) is 0 Å². The lowest BCUT2D eigenvalue weighted by Crippen LogP contribution is -2.32. The highest BCUT2D eigenvalue weighted by molar-refractivity contribution is 7.89. The topological polar surface area (TPSA) is 92.6 Å². The smallest absolute Gasteiger partial charge is 0.289 e. The van der Waals surface area contributed by atoms with Gasteiger partial charge >= 0.3 is 0 Å². The SMILES string of the molecule is Cc1ccc(S(=O)(=O)NCc2cccc(CN3CCC(C)CC3)c2)c([N+](=O)[O-])c1. The lowest BCUT2D eigenvalue weighted by Gasteiger charge is -2.30. The average Bonchev–Trinajstić information content (AvgIpc) is 2.68. The quantitative estimate of drug-likeness (QED) is 0.549. The second kappa shape index (κ2) is 9.02. The van der Waals surface area contributed by atoms with E-state index in [0.29, 0.717) is 5.56 Å². The van der Waals surface area contributed by atoms with Gasteiger partial charge in [0.05, 0.1) is 4.92 Å². The van der Waals surface area contributed by atoms with Crippen LogP contribution < -0.4 is 4.72 Å². The molecule has 0 saturated carbocycles. The first kappa shape index (κ1) is 21.4. The number of benzene rings is 2. The molecule has 1 N–H and O–H groups in total. The van der Waals surface area contributed by atoms with Crippen molar-refractivity contribution in [2.45, 2.75) is 44.7 Å². The normalized spacial score (nSPS) is 16.1. The fraction of sp³-hybridized carbons (Fsp3) is 0.429. The number of piperidine rings is 1. The van der Waals surface area contributed by atoms with E-state index in [1.807, 2.05) is 24.3 Å². The average molecular weight is 418 g/mol. The van der Waals surface area contributed by atoms with Crippen molar-refractivity contribution in [3.05, 3.63) is 69.3 Å². The first-order chi connectivity index (χ1) is 13.7. The molecular weight excluding hydrogens is 390 g/mol. The minimum Gasteiger partial charge on any atom is -0.299 e. The Balaban J connectivity index is 1.69. The van der Waals surface area contributed by atoms with Gasteiger partial charge in [-0.25, -0.2) is 13.1 Å². The van der Waals surface area contributed by atoms with E-state index in [0.717, 1.165) is 36.7 Å². The lowest BCUT2D eigenvalue weighted by atomic mass is 9.98. The van der Waals surface area contributed by atoms with Crippen LogP contribution in [0.3, 0.4) is 0 Å². The van der Waals surface area contributed by atoms with Gasteiger partial charge in [-0.15, -0.1) is 0 Å². The summed E-state index contributed by atoms with van der Waals surface area (Å²) < 4.78 is 27.8. The van der Waals surface area contributed by atoms with E-state index in [1.54, 1.807) is 13.0 Å². The number of rotatable bonds is 7. The first-order valence-electron chi connectivity index (χ1n) is 9.79. The minimum atomic E-state index is -4.00. The number of sulfonamides is 1. The predicted molar refractivity (Wildman–Crippen MR) is 112 cm³/mol. The van der Waals surface area contributed by atoms with Crippen LogP contribution in [0.1, 0.15) is 36.5 Å². The van der Waals surface area contributed by atoms with Gasteiger partial charge in [0.2, 0.25) is 10.0 Å². The molecule has 2 aromatic carbocycles. The van der Waals surface area contributed by atoms with Crippen LogP contribution in [0.2, 0.25) is 0 Å². The molecule has 156 valence electrons. The zero-order valence-electron chi connectivity index (χ0n) is 16.8. The van der Waals surface area contributed by atoms with Gasteiger partial charge < -0.3 is 0 Å². The number of likely N-dealkylation sites (tertiary alicyclic amines) is 1. The molecule has 0 unspecified atom stereocenters. The Morgan fingerprint density at radius 2 is 1.83 bits per heavy atom. The van der Waals surface area contributed by atoms with Crippen molar-refractivity contribution in [3.8, 4) is 0 Å². The van der Waals surface area contributed by atoms with Crippen molar-refractivity contribution in [1.29, 1.82) is 0 Å². The highest BCUT2D eigenvalue weighted by Gasteiger charge is 2.25. The summed E-state index contributed by atoms with van der Waals surface area (Å²) in [6.45, 7) is 7.05. The Labute approximate surface area is 171 Å². The van der Waals surface area contributed by atoms with Crippen LogP contribution in [-0.4, -0.2) is 31.3 Å². The van der Waals surface area contributed by atoms with Crippen LogP contribution in [0, 0.1) is 23.0 Å². The predicted octanol–water partition coefficient (Wildman–Crippen LogP) is 3.61. The Kier molecular flexibility index (Phi) is 6.66. The van der Waals surface area contributed by atoms with Gasteiger partial charge in [0.15, 0.2) is 4.90 Å². The fourth-order valence-corrected chi connectivity index (χ4v) is 4.74. The maximum Gasteiger partial charge on any atom is 0.289 e. The number of hydrogen-bond acceptors (Lipinski definition) is 5. The van der Waals surface area contributed by atoms with Crippen molar-refractivity contribution < 1.29 is 13.3 Å². The summed E-state index contributed by atoms with van der Waals surface area (Å²) in [5.41, 5.74) is 2.19. The van der Waals surface area contributed by atoms with Crippen molar-refractivity contribution in [1.82, 2.24) is 9.62 Å². The standard InChI is InChI=1S/C21H27N3O4S/c1-16-8-10-23(11-9-16)15-19-5-3-4-18(13-19)14-22-29(27,28)21-7-6-17(2)12-20(21)24(25)26/h3-7,12-13,16,22H,8-11,14-15H2,1-2H3. The molecule has 7 nitrogen and oxygen atoms in total. The molecule has 0 aromatic heterocycles. The third kappa shape index (κ3) is 5.62. The third-order valence-corrected chi connectivity index (χ3v) is 6.79. The van der Waals surface area contributed by atoms with Crippen molar-refractivity contribution >= 4 is 15.7 Å². The van der Waals surface area contributed by atoms with Crippen molar-refractivity contribution in [3.63, 3.8) is 0 Å². The van der Waals surface area contributed by atoms with E-state index >= 15 is 0 Å². The molecule has 0 radical (unpaired) electrons. The van der Waals surface area contributed by atoms with Gasteiger partial charge in [-0.05, 0) is 61.5 Å². The number of nitrogens with zero attached hydrogens (tertiary/aromatic N) is 2. The molecule has 0 spiro atoms. The molecule has 1 aliphatic heterocycles. The molecule has 1 aliphatic rings. The molecule has 0 aliphatic carbocycles. The first-order valence-corrected chi connectivity index (χ1v) is 11.3. The number of nitro groups is 1. The van der Waals surface area contributed by atoms with E-state index in [4.69, 9.17) is 0 Å². The van der Waals surface area contributed by atoms with Gasteiger partial charge in [-0.2, -0.15) is 0 Å². The lowest BCUT2D eigenvalue weighted by molar-refractivity contribution is -0.387. The molecule has 3 rings (SSSR count). The van der Waals surface area contributed by atoms with Crippen LogP contribution >= 0.6 is 0 Å². The second-order valence-electron chi connectivity index (χ2n) is 7.83. The maximum atomic E-state index is 12.7. The molecule has 1 fully saturated rings. The van der Waals surface area contributed by atoms with E-state index in [-0.39, 0.29) is 11.4 Å². The van der Waals surface area contributed by atoms with Gasteiger partial charge in [0, 0.05) is 19.2 Å². The molecule has 29 heavy (non-hydrogen) atoms. The van der Waals surface area contributed by atoms with E-state index in [1.165, 1.54) is 25.0 Å². The summed E-state index contributed by atoms with van der Waals surface area (Å²) in [6, 6.07) is 11.9. The van der Waals surface area contributed by atoms with Gasteiger partial charge in [0.25, 0.3) is 5.69 Å². The molecule has 2 aromatic rings. The summed E-state index contributed by atoms with van der Waals surface area (Å²) in [5, 5.41) is 11.3. The van der Waals surface area contributed by atoms with E-state index in [9.17, 15) is 18.5 Å². The summed E-state index contributed by atoms with van der Waals surface area (Å²) in [5.74, 6) is 0.776. The summed E-state index contributed by atoms with van der Waals surface area (Å²) in [4.78, 5) is 12.7. The molecule has 1 heterocycles. The molecule has 8 heteroatoms. The zero-order valence-corrected chi connectivity index (χ0v) is 17.6. The Hall–Kier alpha value is -2.29. The summed E-state index contributed by atoms with van der Waals surface area (Å²) >= 11 is 0.